The van der Waals surface area contributed by atoms with Gasteiger partial charge in [-0.2, -0.15) is 0 Å². The average Bonchev–Trinajstić information content (AvgIpc) is 3.33. The zero-order valence-electron chi connectivity index (χ0n) is 14.5. The number of fused-ring (bicyclic) bond motifs is 1. The highest BCUT2D eigenvalue weighted by Gasteiger charge is 2.30. The molecule has 3 heterocycles. The number of Topliss-reactive ketones (excluding diaryl/α,β-unsaturated/α-hetero) is 1. The Morgan fingerprint density at radius 3 is 3.00 bits per heavy atom. The van der Waals surface area contributed by atoms with Crippen LogP contribution in [0, 0.1) is 0 Å². The average molecular weight is 405 g/mol. The topological polar surface area (TPSA) is 127 Å². The quantitative estimate of drug-likeness (QED) is 0.257. The Balaban J connectivity index is 1.67. The van der Waals surface area contributed by atoms with Gasteiger partial charge < -0.3 is 21.7 Å². The molecule has 0 radical (unpaired) electrons. The molecule has 8 nitrogen and oxygen atoms in total. The molecular weight excluding hydrogens is 384 g/mol. The van der Waals surface area contributed by atoms with E-state index in [-0.39, 0.29) is 17.6 Å². The van der Waals surface area contributed by atoms with Gasteiger partial charge in [-0.25, -0.2) is 4.98 Å². The molecule has 1 aromatic heterocycles. The lowest BCUT2D eigenvalue weighted by atomic mass is 10.1. The van der Waals surface area contributed by atoms with E-state index >= 15 is 0 Å². The minimum absolute atomic E-state index is 0.00689. The zero-order chi connectivity index (χ0) is 19.2. The number of carbonyl (C=O) groups excluding carboxylic acids is 2. The van der Waals surface area contributed by atoms with Gasteiger partial charge in [0.2, 0.25) is 5.78 Å². The second kappa shape index (κ2) is 8.87. The largest absolute Gasteiger partial charge is 0.370 e. The molecule has 0 aliphatic carbocycles. The number of thiazole rings is 1. The summed E-state index contributed by atoms with van der Waals surface area (Å²) >= 11 is 2.75. The molecule has 10 heteroatoms. The van der Waals surface area contributed by atoms with E-state index in [1.165, 1.54) is 23.1 Å². The van der Waals surface area contributed by atoms with Crippen molar-refractivity contribution in [1.82, 2.24) is 15.2 Å². The van der Waals surface area contributed by atoms with Crippen LogP contribution >= 0.6 is 23.1 Å². The van der Waals surface area contributed by atoms with Crippen molar-refractivity contribution in [3.05, 3.63) is 50.9 Å². The number of aliphatic imine (C=N–C) groups is 1. The molecule has 0 spiro atoms. The number of ketones is 1. The van der Waals surface area contributed by atoms with Crippen LogP contribution in [-0.2, 0) is 4.79 Å². The number of amides is 1. The Morgan fingerprint density at radius 2 is 2.26 bits per heavy atom. The maximum atomic E-state index is 12.8. The first-order chi connectivity index (χ1) is 13.1. The number of allylic oxidation sites excluding steroid dienone is 2. The lowest BCUT2D eigenvalue weighted by Crippen LogP contribution is -2.43. The van der Waals surface area contributed by atoms with Crippen LogP contribution in [-0.4, -0.2) is 46.7 Å². The van der Waals surface area contributed by atoms with E-state index in [2.05, 4.69) is 15.3 Å². The monoisotopic (exact) mass is 404 g/mol. The van der Waals surface area contributed by atoms with Crippen LogP contribution in [0.15, 0.2) is 50.9 Å². The number of nitrogens with zero attached hydrogens (tertiary/aromatic N) is 3. The molecular formula is C17H20N6O2S2. The normalized spacial score (nSPS) is 16.2. The van der Waals surface area contributed by atoms with Gasteiger partial charge in [-0.05, 0) is 18.9 Å². The third kappa shape index (κ3) is 4.77. The van der Waals surface area contributed by atoms with Gasteiger partial charge in [0, 0.05) is 30.1 Å². The summed E-state index contributed by atoms with van der Waals surface area (Å²) in [5.41, 5.74) is 11.2. The van der Waals surface area contributed by atoms with Crippen LogP contribution < -0.4 is 16.8 Å². The molecule has 1 amide bonds. The highest BCUT2D eigenvalue weighted by atomic mass is 32.2. The minimum Gasteiger partial charge on any atom is -0.370 e. The summed E-state index contributed by atoms with van der Waals surface area (Å²) in [6.45, 7) is 1.02. The maximum Gasteiger partial charge on any atom is 0.269 e. The molecule has 1 atom stereocenters. The van der Waals surface area contributed by atoms with Gasteiger partial charge >= 0.3 is 0 Å². The summed E-state index contributed by atoms with van der Waals surface area (Å²) in [7, 11) is 0. The van der Waals surface area contributed by atoms with Gasteiger partial charge in [0.1, 0.15) is 5.70 Å². The van der Waals surface area contributed by atoms with Crippen LogP contribution in [0.5, 0.6) is 0 Å². The number of rotatable bonds is 8. The van der Waals surface area contributed by atoms with Crippen molar-refractivity contribution < 1.29 is 9.59 Å². The number of nitrogens with two attached hydrogens (primary N) is 2. The van der Waals surface area contributed by atoms with Crippen molar-refractivity contribution in [2.75, 3.05) is 13.1 Å². The predicted molar refractivity (Wildman–Crippen MR) is 108 cm³/mol. The molecule has 1 unspecified atom stereocenters. The first-order valence-electron chi connectivity index (χ1n) is 8.37. The number of nitrogens with one attached hydrogen (secondary N) is 1. The number of hydrogen-bond donors (Lipinski definition) is 3. The third-order valence-electron chi connectivity index (χ3n) is 3.95. The number of carbonyl (C=O) groups is 2. The van der Waals surface area contributed by atoms with E-state index < -0.39 is 6.04 Å². The molecule has 0 bridgehead atoms. The van der Waals surface area contributed by atoms with Crippen molar-refractivity contribution in [3.8, 4) is 0 Å². The number of hydrogen-bond acceptors (Lipinski definition) is 7. The van der Waals surface area contributed by atoms with E-state index in [9.17, 15) is 9.59 Å². The molecule has 0 saturated carbocycles. The first kappa shape index (κ1) is 19.2. The number of thioether (sulfide) groups is 1. The van der Waals surface area contributed by atoms with Crippen LogP contribution in [0.25, 0.3) is 0 Å². The van der Waals surface area contributed by atoms with Crippen molar-refractivity contribution in [3.63, 3.8) is 0 Å². The van der Waals surface area contributed by atoms with Crippen LogP contribution in [0.2, 0.25) is 0 Å². The van der Waals surface area contributed by atoms with E-state index in [1.807, 2.05) is 23.1 Å². The third-order valence-corrected chi connectivity index (χ3v) is 5.68. The molecule has 0 fully saturated rings. The molecule has 3 rings (SSSR count). The van der Waals surface area contributed by atoms with Crippen LogP contribution in [0.1, 0.15) is 22.6 Å². The SMILES string of the molecule is NC(N)=NCCCC(NC(=O)C1=CSC2=CC=CCN21)C(=O)c1nccs1. The molecule has 0 saturated heterocycles. The Hall–Kier alpha value is -2.59. The fourth-order valence-electron chi connectivity index (χ4n) is 2.67. The molecule has 2 aliphatic heterocycles. The van der Waals surface area contributed by atoms with Gasteiger partial charge in [-0.15, -0.1) is 11.3 Å². The van der Waals surface area contributed by atoms with Crippen molar-refractivity contribution >= 4 is 40.7 Å². The fraction of sp³-hybridized carbons (Fsp3) is 0.294. The summed E-state index contributed by atoms with van der Waals surface area (Å²) in [6.07, 6.45) is 8.45. The van der Waals surface area contributed by atoms with Gasteiger partial charge in [-0.3, -0.25) is 14.6 Å². The molecule has 1 aromatic rings. The fourth-order valence-corrected chi connectivity index (χ4v) is 4.23. The van der Waals surface area contributed by atoms with Gasteiger partial charge in [0.05, 0.1) is 11.1 Å². The maximum absolute atomic E-state index is 12.8. The van der Waals surface area contributed by atoms with Crippen LogP contribution in [0.3, 0.4) is 0 Å². The van der Waals surface area contributed by atoms with Crippen molar-refractivity contribution in [2.45, 2.75) is 18.9 Å². The van der Waals surface area contributed by atoms with E-state index in [0.717, 1.165) is 5.03 Å². The van der Waals surface area contributed by atoms with Gasteiger partial charge in [-0.1, -0.05) is 23.9 Å². The Kier molecular flexibility index (Phi) is 6.30. The van der Waals surface area contributed by atoms with E-state index in [4.69, 9.17) is 11.5 Å². The smallest absolute Gasteiger partial charge is 0.269 e. The minimum atomic E-state index is -0.683. The molecule has 142 valence electrons. The second-order valence-corrected chi connectivity index (χ2v) is 7.63. The molecule has 5 N–H and O–H groups in total. The van der Waals surface area contributed by atoms with Gasteiger partial charge in [0.25, 0.3) is 5.91 Å². The van der Waals surface area contributed by atoms with E-state index in [1.54, 1.807) is 17.0 Å². The highest BCUT2D eigenvalue weighted by molar-refractivity contribution is 8.06. The summed E-state index contributed by atoms with van der Waals surface area (Å²) in [6, 6.07) is -0.683. The lowest BCUT2D eigenvalue weighted by Gasteiger charge is -2.24. The summed E-state index contributed by atoms with van der Waals surface area (Å²) in [4.78, 5) is 35.5. The summed E-state index contributed by atoms with van der Waals surface area (Å²) < 4.78 is 0. The first-order valence-corrected chi connectivity index (χ1v) is 10.1. The van der Waals surface area contributed by atoms with Crippen molar-refractivity contribution in [2.24, 2.45) is 16.5 Å². The molecule has 27 heavy (non-hydrogen) atoms. The number of guanidine groups is 1. The Bertz CT molecular complexity index is 824. The van der Waals surface area contributed by atoms with Gasteiger partial charge in [0.15, 0.2) is 11.0 Å². The standard InChI is InChI=1S/C17H20N6O2S2/c18-17(19)21-6-3-4-11(14(24)16-20-7-9-26-16)22-15(25)12-10-27-13-5-1-2-8-23(12)13/h1-2,5,7,9-11H,3-4,6,8H2,(H,22,25)(H4,18,19,21). The van der Waals surface area contributed by atoms with Crippen molar-refractivity contribution in [1.29, 1.82) is 0 Å². The number of aromatic nitrogens is 1. The zero-order valence-corrected chi connectivity index (χ0v) is 16.1. The predicted octanol–water partition coefficient (Wildman–Crippen LogP) is 1.17. The lowest BCUT2D eigenvalue weighted by molar-refractivity contribution is -0.119. The van der Waals surface area contributed by atoms with Crippen LogP contribution in [0.4, 0.5) is 0 Å². The summed E-state index contributed by atoms with van der Waals surface area (Å²) in [5, 5.41) is 7.77. The molecule has 2 aliphatic rings. The second-order valence-electron chi connectivity index (χ2n) is 5.84. The Labute approximate surface area is 165 Å². The summed E-state index contributed by atoms with van der Waals surface area (Å²) in [5.74, 6) is -0.478. The highest BCUT2D eigenvalue weighted by Crippen LogP contribution is 2.35. The molecule has 0 aromatic carbocycles. The Morgan fingerprint density at radius 1 is 1.41 bits per heavy atom. The van der Waals surface area contributed by atoms with E-state index in [0.29, 0.717) is 36.6 Å².